The zero-order chi connectivity index (χ0) is 32.0. The van der Waals surface area contributed by atoms with E-state index in [1.165, 1.54) is 16.8 Å². The van der Waals surface area contributed by atoms with Gasteiger partial charge in [0.15, 0.2) is 5.82 Å². The molecule has 44 heavy (non-hydrogen) atoms. The maximum absolute atomic E-state index is 15.3. The van der Waals surface area contributed by atoms with Gasteiger partial charge in [0.1, 0.15) is 11.5 Å². The van der Waals surface area contributed by atoms with Crippen molar-refractivity contribution in [2.24, 2.45) is 5.73 Å². The Bertz CT molecular complexity index is 1700. The molecule has 0 unspecified atom stereocenters. The van der Waals surface area contributed by atoms with E-state index < -0.39 is 17.3 Å². The first-order chi connectivity index (χ1) is 21.0. The number of benzene rings is 2. The van der Waals surface area contributed by atoms with Crippen LogP contribution >= 0.6 is 11.6 Å². The highest BCUT2D eigenvalue weighted by molar-refractivity contribution is 6.31. The topological polar surface area (TPSA) is 145 Å². The first-order valence-corrected chi connectivity index (χ1v) is 14.8. The second kappa shape index (κ2) is 14.7. The summed E-state index contributed by atoms with van der Waals surface area (Å²) in [6, 6.07) is 8.71. The zero-order valence-corrected chi connectivity index (χ0v) is 25.5. The fourth-order valence-electron chi connectivity index (χ4n) is 5.08. The van der Waals surface area contributed by atoms with Gasteiger partial charge in [-0.2, -0.15) is 4.98 Å². The molecule has 7 N–H and O–H groups in total. The van der Waals surface area contributed by atoms with Crippen LogP contribution in [0.25, 0.3) is 28.0 Å². The molecule has 2 aromatic heterocycles. The van der Waals surface area contributed by atoms with E-state index in [-0.39, 0.29) is 41.0 Å². The number of hydrogen-bond donors (Lipinski definition) is 6. The number of aryl methyl sites for hydroxylation is 1. The lowest BCUT2D eigenvalue weighted by molar-refractivity contribution is 0.258. The van der Waals surface area contributed by atoms with E-state index in [1.54, 1.807) is 43.3 Å². The van der Waals surface area contributed by atoms with Gasteiger partial charge < -0.3 is 26.5 Å². The average Bonchev–Trinajstić information content (AvgIpc) is 3.39. The lowest BCUT2D eigenvalue weighted by Crippen LogP contribution is -2.34. The number of aliphatic hydroxyl groups excluding tert-OH is 1. The van der Waals surface area contributed by atoms with E-state index in [2.05, 4.69) is 27.2 Å². The smallest absolute Gasteiger partial charge is 0.354 e. The van der Waals surface area contributed by atoms with Crippen molar-refractivity contribution in [2.45, 2.75) is 57.7 Å². The van der Waals surface area contributed by atoms with Gasteiger partial charge in [-0.3, -0.25) is 9.98 Å². The largest absolute Gasteiger partial charge is 0.395 e. The summed E-state index contributed by atoms with van der Waals surface area (Å²) >= 11 is 6.21. The lowest BCUT2D eigenvalue weighted by Gasteiger charge is -2.22. The van der Waals surface area contributed by atoms with Crippen LogP contribution in [0.15, 0.2) is 60.0 Å². The number of aromatic nitrogens is 3. The summed E-state index contributed by atoms with van der Waals surface area (Å²) in [6.07, 6.45) is 5.85. The fourth-order valence-corrected chi connectivity index (χ4v) is 5.32. The predicted octanol–water partition coefficient (Wildman–Crippen LogP) is 5.14. The van der Waals surface area contributed by atoms with Crippen LogP contribution in [0.1, 0.15) is 50.3 Å². The number of hydrogen-bond acceptors (Lipinski definition) is 6. The Kier molecular flexibility index (Phi) is 11.0. The van der Waals surface area contributed by atoms with Gasteiger partial charge >= 0.3 is 5.69 Å². The molecule has 0 aliphatic heterocycles. The number of halogens is 3. The molecule has 9 nitrogen and oxygen atoms in total. The summed E-state index contributed by atoms with van der Waals surface area (Å²) in [4.78, 5) is 20.1. The second-order valence-corrected chi connectivity index (χ2v) is 11.3. The second-order valence-electron chi connectivity index (χ2n) is 10.9. The third kappa shape index (κ3) is 7.97. The van der Waals surface area contributed by atoms with Gasteiger partial charge in [-0.05, 0) is 75.4 Å². The van der Waals surface area contributed by atoms with Crippen molar-refractivity contribution in [3.8, 4) is 16.9 Å². The molecule has 2 heterocycles. The summed E-state index contributed by atoms with van der Waals surface area (Å²) in [6.45, 7) is 7.83. The Balaban J connectivity index is 1.57. The minimum Gasteiger partial charge on any atom is -0.395 e. The monoisotopic (exact) mass is 625 g/mol. The molecule has 12 heteroatoms. The number of nitrogens with two attached hydrogens (primary N) is 1. The molecule has 0 fully saturated rings. The Hall–Kier alpha value is -3.90. The quantitative estimate of drug-likeness (QED) is 0.0651. The Morgan fingerprint density at radius 2 is 2.05 bits per heavy atom. The van der Waals surface area contributed by atoms with Crippen LogP contribution in [-0.2, 0) is 6.42 Å². The van der Waals surface area contributed by atoms with E-state index in [4.69, 9.17) is 27.9 Å². The Labute approximate surface area is 259 Å². The lowest BCUT2D eigenvalue weighted by atomic mass is 10.0. The third-order valence-corrected chi connectivity index (χ3v) is 7.76. The van der Waals surface area contributed by atoms with Crippen molar-refractivity contribution in [1.29, 1.82) is 5.41 Å². The van der Waals surface area contributed by atoms with Crippen LogP contribution in [0.2, 0.25) is 5.02 Å². The van der Waals surface area contributed by atoms with Crippen LogP contribution in [0.4, 0.5) is 8.78 Å². The predicted molar refractivity (Wildman–Crippen MR) is 172 cm³/mol. The molecule has 4 rings (SSSR count). The van der Waals surface area contributed by atoms with Crippen LogP contribution in [-0.4, -0.2) is 50.7 Å². The summed E-state index contributed by atoms with van der Waals surface area (Å²) < 4.78 is 31.7. The minimum atomic E-state index is -0.627. The summed E-state index contributed by atoms with van der Waals surface area (Å²) in [5.41, 5.74) is 7.56. The number of aromatic amines is 1. The number of H-pyrrole nitrogens is 1. The maximum atomic E-state index is 15.3. The first kappa shape index (κ1) is 33.0. The van der Waals surface area contributed by atoms with Crippen molar-refractivity contribution < 1.29 is 13.9 Å². The van der Waals surface area contributed by atoms with Crippen molar-refractivity contribution in [3.05, 3.63) is 93.5 Å². The highest BCUT2D eigenvalue weighted by Crippen LogP contribution is 2.31. The van der Waals surface area contributed by atoms with Crippen molar-refractivity contribution in [2.75, 3.05) is 13.2 Å². The molecule has 2 aromatic carbocycles. The zero-order valence-electron chi connectivity index (χ0n) is 24.8. The summed E-state index contributed by atoms with van der Waals surface area (Å²) in [5, 5.41) is 23.4. The summed E-state index contributed by atoms with van der Waals surface area (Å²) in [5.74, 6) is -0.724. The van der Waals surface area contributed by atoms with E-state index in [0.29, 0.717) is 60.4 Å². The molecule has 0 saturated heterocycles. The molecule has 0 saturated carbocycles. The molecule has 234 valence electrons. The van der Waals surface area contributed by atoms with E-state index in [0.717, 1.165) is 5.56 Å². The number of amidine groups is 1. The number of nitrogens with one attached hydrogen (secondary N) is 4. The van der Waals surface area contributed by atoms with E-state index in [1.807, 2.05) is 6.92 Å². The molecular formula is C32H38ClF2N7O2. The summed E-state index contributed by atoms with van der Waals surface area (Å²) in [7, 11) is 0. The molecule has 4 aromatic rings. The van der Waals surface area contributed by atoms with Gasteiger partial charge in [-0.15, -0.1) is 6.58 Å². The SMILES string of the molecule is C=C[C@@H](CCNC(C)=N)N[C@@H](C)c1ccc(-n2cc3cc(-c4cc(CCC[C@@H](N)CO)cc(Cl)c4F)[nH]c3nc2=O)cc1F. The molecule has 0 aliphatic rings. The molecule has 0 spiro atoms. The van der Waals surface area contributed by atoms with Crippen LogP contribution in [0, 0.1) is 17.0 Å². The molecule has 0 aliphatic carbocycles. The molecular weight excluding hydrogens is 588 g/mol. The molecule has 0 radical (unpaired) electrons. The van der Waals surface area contributed by atoms with Gasteiger partial charge in [-0.1, -0.05) is 23.7 Å². The van der Waals surface area contributed by atoms with Crippen molar-refractivity contribution in [3.63, 3.8) is 0 Å². The van der Waals surface area contributed by atoms with Gasteiger partial charge in [0.05, 0.1) is 28.8 Å². The Morgan fingerprint density at radius 3 is 2.73 bits per heavy atom. The molecule has 3 atom stereocenters. The number of fused-ring (bicyclic) bond motifs is 1. The van der Waals surface area contributed by atoms with Crippen LogP contribution in [0.5, 0.6) is 0 Å². The van der Waals surface area contributed by atoms with Crippen LogP contribution in [0.3, 0.4) is 0 Å². The van der Waals surface area contributed by atoms with Crippen LogP contribution < -0.4 is 22.1 Å². The number of aliphatic hydroxyl groups is 1. The Morgan fingerprint density at radius 1 is 1.27 bits per heavy atom. The normalized spacial score (nSPS) is 13.5. The first-order valence-electron chi connectivity index (χ1n) is 14.4. The maximum Gasteiger partial charge on any atom is 0.354 e. The minimum absolute atomic E-state index is 0.0352. The van der Waals surface area contributed by atoms with Crippen molar-refractivity contribution >= 4 is 28.5 Å². The standard InChI is InChI=1S/C32H38ClF2N7O2/c1-4-23(10-11-38-19(3)36)39-18(2)25-9-8-24(15-28(25)34)42-16-21-14-29(40-31(21)41-32(42)44)26-12-20(13-27(33)30(26)35)6-5-7-22(37)17-43/h4,8-9,12-16,18,22-23,39,43H,1,5-7,10-11,17,37H2,2-3H3,(H2,36,38)(H,40,41,44)/t18-,22+,23-/m0/s1. The molecule has 0 bridgehead atoms. The highest BCUT2D eigenvalue weighted by atomic mass is 35.5. The van der Waals surface area contributed by atoms with Crippen molar-refractivity contribution in [1.82, 2.24) is 25.2 Å². The molecule has 0 amide bonds. The van der Waals surface area contributed by atoms with E-state index >= 15 is 8.78 Å². The average molecular weight is 626 g/mol. The van der Waals surface area contributed by atoms with Gasteiger partial charge in [0, 0.05) is 47.4 Å². The van der Waals surface area contributed by atoms with Gasteiger partial charge in [-0.25, -0.2) is 13.6 Å². The van der Waals surface area contributed by atoms with E-state index in [9.17, 15) is 4.79 Å². The van der Waals surface area contributed by atoms with Gasteiger partial charge in [0.25, 0.3) is 0 Å². The third-order valence-electron chi connectivity index (χ3n) is 7.48. The fraction of sp³-hybridized carbons (Fsp3) is 0.344. The number of nitrogens with zero attached hydrogens (tertiary/aromatic N) is 2. The number of rotatable bonds is 14. The van der Waals surface area contributed by atoms with Gasteiger partial charge in [0.2, 0.25) is 0 Å². The highest BCUT2D eigenvalue weighted by Gasteiger charge is 2.18.